The molecule has 5 amide bonds. The van der Waals surface area contributed by atoms with Gasteiger partial charge in [0.2, 0.25) is 17.7 Å². The SMILES string of the molecule is CC(C)C[C@H](NC(=O)[C@H](Cc1cnc[nH]1)N(COCc1ccccc1)C(=O)[C@H](Cc1ccccc1)NC(=O)OC(C)(C)C)C(O)CNC(=O)[C@@H](CC(C)C)NC(=O)OCc1ccccc1. The van der Waals surface area contributed by atoms with Crippen molar-refractivity contribution in [2.45, 2.75) is 123 Å². The first-order valence-corrected chi connectivity index (χ1v) is 22.1. The molecule has 1 aromatic heterocycles. The van der Waals surface area contributed by atoms with Crippen LogP contribution in [0.4, 0.5) is 9.59 Å². The molecule has 65 heavy (non-hydrogen) atoms. The third-order valence-corrected chi connectivity index (χ3v) is 10.1. The van der Waals surface area contributed by atoms with Crippen molar-refractivity contribution in [1.82, 2.24) is 36.1 Å². The molecule has 0 spiro atoms. The lowest BCUT2D eigenvalue weighted by Gasteiger charge is -2.35. The van der Waals surface area contributed by atoms with Gasteiger partial charge in [-0.3, -0.25) is 14.4 Å². The summed E-state index contributed by atoms with van der Waals surface area (Å²) in [6.07, 6.45) is 0.764. The van der Waals surface area contributed by atoms with Crippen LogP contribution in [-0.2, 0) is 54.6 Å². The number of aliphatic hydroxyl groups is 1. The van der Waals surface area contributed by atoms with Crippen LogP contribution in [0.5, 0.6) is 0 Å². The highest BCUT2D eigenvalue weighted by Crippen LogP contribution is 2.18. The molecule has 4 rings (SSSR count). The maximum absolute atomic E-state index is 15.0. The van der Waals surface area contributed by atoms with Crippen molar-refractivity contribution in [3.63, 3.8) is 0 Å². The molecule has 4 aromatic rings. The van der Waals surface area contributed by atoms with Crippen LogP contribution in [0, 0.1) is 11.8 Å². The van der Waals surface area contributed by atoms with Gasteiger partial charge >= 0.3 is 12.2 Å². The Balaban J connectivity index is 1.60. The van der Waals surface area contributed by atoms with Crippen LogP contribution in [0.25, 0.3) is 0 Å². The number of aromatic amines is 1. The van der Waals surface area contributed by atoms with Gasteiger partial charge in [-0.25, -0.2) is 14.6 Å². The maximum Gasteiger partial charge on any atom is 0.408 e. The fourth-order valence-electron chi connectivity index (χ4n) is 6.97. The van der Waals surface area contributed by atoms with Crippen molar-refractivity contribution in [3.05, 3.63) is 126 Å². The quantitative estimate of drug-likeness (QED) is 0.0465. The Labute approximate surface area is 382 Å². The van der Waals surface area contributed by atoms with Crippen LogP contribution >= 0.6 is 0 Å². The predicted octanol–water partition coefficient (Wildman–Crippen LogP) is 5.81. The van der Waals surface area contributed by atoms with Crippen LogP contribution in [0.1, 0.15) is 83.7 Å². The zero-order valence-corrected chi connectivity index (χ0v) is 38.6. The third-order valence-electron chi connectivity index (χ3n) is 10.1. The molecule has 3 aromatic carbocycles. The molecule has 0 aliphatic carbocycles. The second-order valence-electron chi connectivity index (χ2n) is 17.9. The first-order valence-electron chi connectivity index (χ1n) is 22.1. The Kier molecular flexibility index (Phi) is 20.5. The Morgan fingerprint density at radius 3 is 1.83 bits per heavy atom. The minimum absolute atomic E-state index is 0.0216. The molecule has 0 radical (unpaired) electrons. The first-order chi connectivity index (χ1) is 31.0. The largest absolute Gasteiger partial charge is 0.445 e. The van der Waals surface area contributed by atoms with Gasteiger partial charge in [-0.1, -0.05) is 119 Å². The van der Waals surface area contributed by atoms with Crippen LogP contribution in [0.15, 0.2) is 104 Å². The molecule has 6 N–H and O–H groups in total. The maximum atomic E-state index is 15.0. The Morgan fingerprint density at radius 1 is 0.708 bits per heavy atom. The highest BCUT2D eigenvalue weighted by molar-refractivity contribution is 5.92. The minimum atomic E-state index is -1.29. The molecule has 1 heterocycles. The van der Waals surface area contributed by atoms with E-state index >= 15 is 4.79 Å². The van der Waals surface area contributed by atoms with Gasteiger partial charge in [0.15, 0.2) is 0 Å². The molecule has 5 atom stereocenters. The number of hydrogen-bond acceptors (Lipinski definition) is 10. The van der Waals surface area contributed by atoms with Crippen molar-refractivity contribution in [2.75, 3.05) is 13.3 Å². The lowest BCUT2D eigenvalue weighted by molar-refractivity contribution is -0.150. The molecule has 1 unspecified atom stereocenters. The van der Waals surface area contributed by atoms with Gasteiger partial charge in [-0.15, -0.1) is 0 Å². The van der Waals surface area contributed by atoms with Crippen molar-refractivity contribution >= 4 is 29.9 Å². The van der Waals surface area contributed by atoms with Gasteiger partial charge in [0.25, 0.3) is 0 Å². The second-order valence-corrected chi connectivity index (χ2v) is 17.9. The summed E-state index contributed by atoms with van der Waals surface area (Å²) >= 11 is 0. The van der Waals surface area contributed by atoms with Crippen LogP contribution < -0.4 is 21.3 Å². The van der Waals surface area contributed by atoms with E-state index in [0.29, 0.717) is 18.5 Å². The van der Waals surface area contributed by atoms with Gasteiger partial charge in [0, 0.05) is 31.3 Å². The fourth-order valence-corrected chi connectivity index (χ4v) is 6.97. The highest BCUT2D eigenvalue weighted by Gasteiger charge is 2.38. The number of hydrogen-bond donors (Lipinski definition) is 6. The number of benzene rings is 3. The molecular weight excluding hydrogens is 831 g/mol. The molecule has 0 aliphatic heterocycles. The Morgan fingerprint density at radius 2 is 1.28 bits per heavy atom. The number of H-pyrrole nitrogens is 1. The summed E-state index contributed by atoms with van der Waals surface area (Å²) in [5.41, 5.74) is 2.04. The summed E-state index contributed by atoms with van der Waals surface area (Å²) in [6.45, 7) is 12.4. The summed E-state index contributed by atoms with van der Waals surface area (Å²) in [4.78, 5) is 77.9. The number of ether oxygens (including phenoxy) is 3. The van der Waals surface area contributed by atoms with Gasteiger partial charge in [-0.2, -0.15) is 0 Å². The van der Waals surface area contributed by atoms with Gasteiger partial charge in [-0.05, 0) is 62.1 Å². The number of rotatable bonds is 24. The number of nitrogens with zero attached hydrogens (tertiary/aromatic N) is 2. The topological polar surface area (TPSA) is 213 Å². The fraction of sp³-hybridized carbons (Fsp3) is 0.469. The van der Waals surface area contributed by atoms with Crippen molar-refractivity contribution in [2.24, 2.45) is 11.8 Å². The lowest BCUT2D eigenvalue weighted by Crippen LogP contribution is -2.60. The van der Waals surface area contributed by atoms with Crippen LogP contribution in [0.2, 0.25) is 0 Å². The van der Waals surface area contributed by atoms with Crippen LogP contribution in [-0.4, -0.2) is 99.0 Å². The standard InChI is InChI=1S/C49H67N7O9/c1-33(2)23-39(43(57)28-51-44(58)40(24-34(3)4)54-47(61)64-30-37-21-15-10-16-22-37)53-45(59)42(26-38-27-50-31-52-38)56(32-63-29-36-19-13-9-14-20-36)46(60)41(25-35-17-11-8-12-18-35)55-48(62)65-49(5,6)7/h8-22,27,31,33-34,39-43,57H,23-26,28-30,32H2,1-7H3,(H,50,52)(H,51,58)(H,53,59)(H,54,61)(H,55,62)/t39-,40+,41-,42-,43?/m0/s1. The number of amides is 5. The molecule has 0 fully saturated rings. The third kappa shape index (κ3) is 18.8. The zero-order chi connectivity index (χ0) is 47.4. The second kappa shape index (κ2) is 25.9. The van der Waals surface area contributed by atoms with Crippen molar-refractivity contribution in [1.29, 1.82) is 0 Å². The van der Waals surface area contributed by atoms with E-state index in [1.165, 1.54) is 11.2 Å². The molecular formula is C49H67N7O9. The zero-order valence-electron chi connectivity index (χ0n) is 38.6. The van der Waals surface area contributed by atoms with Crippen molar-refractivity contribution in [3.8, 4) is 0 Å². The number of aromatic nitrogens is 2. The number of carbonyl (C=O) groups is 5. The first kappa shape index (κ1) is 51.4. The summed E-state index contributed by atoms with van der Waals surface area (Å²) in [7, 11) is 0. The van der Waals surface area contributed by atoms with E-state index < -0.39 is 65.8 Å². The molecule has 0 aliphatic rings. The molecule has 16 heteroatoms. The van der Waals surface area contributed by atoms with E-state index in [1.807, 2.05) is 119 Å². The van der Waals surface area contributed by atoms with Crippen LogP contribution in [0.3, 0.4) is 0 Å². The van der Waals surface area contributed by atoms with E-state index in [9.17, 15) is 24.3 Å². The van der Waals surface area contributed by atoms with Gasteiger partial charge < -0.3 is 50.5 Å². The molecule has 352 valence electrons. The average molecular weight is 898 g/mol. The summed E-state index contributed by atoms with van der Waals surface area (Å²) < 4.78 is 17.1. The molecule has 16 nitrogen and oxygen atoms in total. The number of carbonyl (C=O) groups excluding carboxylic acids is 5. The number of alkyl carbamates (subject to hydrolysis) is 2. The summed E-state index contributed by atoms with van der Waals surface area (Å²) in [5, 5.41) is 22.8. The van der Waals surface area contributed by atoms with E-state index in [2.05, 4.69) is 31.2 Å². The summed E-state index contributed by atoms with van der Waals surface area (Å²) in [6, 6.07) is 23.3. The summed E-state index contributed by atoms with van der Waals surface area (Å²) in [5.74, 6) is -1.77. The molecule has 0 saturated carbocycles. The molecule has 0 bridgehead atoms. The van der Waals surface area contributed by atoms with Gasteiger partial charge in [0.05, 0.1) is 25.1 Å². The Bertz CT molecular complexity index is 2050. The van der Waals surface area contributed by atoms with E-state index in [4.69, 9.17) is 14.2 Å². The van der Waals surface area contributed by atoms with E-state index in [-0.39, 0.29) is 51.2 Å². The minimum Gasteiger partial charge on any atom is -0.445 e. The number of aliphatic hydroxyl groups excluding tert-OH is 1. The monoisotopic (exact) mass is 898 g/mol. The Hall–Kier alpha value is -6.26. The average Bonchev–Trinajstić information content (AvgIpc) is 3.78. The number of imidazole rings is 1. The van der Waals surface area contributed by atoms with E-state index in [0.717, 1.165) is 16.7 Å². The normalized spacial score (nSPS) is 13.8. The lowest BCUT2D eigenvalue weighted by atomic mass is 9.97. The molecule has 0 saturated heterocycles. The van der Waals surface area contributed by atoms with E-state index in [1.54, 1.807) is 27.0 Å². The van der Waals surface area contributed by atoms with Gasteiger partial charge in [0.1, 0.15) is 37.1 Å². The predicted molar refractivity (Wildman–Crippen MR) is 246 cm³/mol. The highest BCUT2D eigenvalue weighted by atomic mass is 16.6. The smallest absolute Gasteiger partial charge is 0.408 e. The number of nitrogens with one attached hydrogen (secondary N) is 5. The van der Waals surface area contributed by atoms with Crippen molar-refractivity contribution < 1.29 is 43.3 Å².